The first kappa shape index (κ1) is 13.5. The van der Waals surface area contributed by atoms with Crippen LogP contribution in [0, 0.1) is 6.92 Å². The van der Waals surface area contributed by atoms with Crippen LogP contribution in [0.15, 0.2) is 48.7 Å². The predicted octanol–water partition coefficient (Wildman–Crippen LogP) is 4.54. The van der Waals surface area contributed by atoms with Gasteiger partial charge < -0.3 is 10.3 Å². The lowest BCUT2D eigenvalue weighted by atomic mass is 10.1. The first-order valence-corrected chi connectivity index (χ1v) is 6.41. The van der Waals surface area contributed by atoms with Crippen LogP contribution in [-0.4, -0.2) is 4.57 Å². The minimum atomic E-state index is -4.32. The topological polar surface area (TPSA) is 30.9 Å². The highest BCUT2D eigenvalue weighted by atomic mass is 19.4. The minimum absolute atomic E-state index is 0.649. The fraction of sp³-hybridized carbons (Fsp3) is 0.125. The van der Waals surface area contributed by atoms with E-state index in [1.165, 1.54) is 12.1 Å². The maximum absolute atomic E-state index is 12.6. The summed E-state index contributed by atoms with van der Waals surface area (Å²) in [7, 11) is 0. The number of benzene rings is 2. The molecule has 0 aliphatic rings. The summed E-state index contributed by atoms with van der Waals surface area (Å²) < 4.78 is 39.7. The number of nitrogen functional groups attached to an aromatic ring is 1. The molecular weight excluding hydrogens is 277 g/mol. The van der Waals surface area contributed by atoms with Gasteiger partial charge in [-0.15, -0.1) is 0 Å². The molecule has 1 aromatic heterocycles. The van der Waals surface area contributed by atoms with Crippen molar-refractivity contribution in [3.63, 3.8) is 0 Å². The molecule has 2 N–H and O–H groups in total. The number of aromatic nitrogens is 1. The standard InChI is InChI=1S/C16H13F3N2/c1-10-9-21(15-7-4-12(20)8-14(10)15)13-5-2-11(3-6-13)16(17,18)19/h2-9H,20H2,1H3. The highest BCUT2D eigenvalue weighted by molar-refractivity contribution is 5.88. The molecule has 3 aromatic rings. The van der Waals surface area contributed by atoms with Crippen LogP contribution in [0.1, 0.15) is 11.1 Å². The normalized spacial score (nSPS) is 12.0. The van der Waals surface area contributed by atoms with Crippen LogP contribution in [0.25, 0.3) is 16.6 Å². The smallest absolute Gasteiger partial charge is 0.399 e. The van der Waals surface area contributed by atoms with Gasteiger partial charge in [0, 0.05) is 23.0 Å². The summed E-state index contributed by atoms with van der Waals surface area (Å²) in [6, 6.07) is 10.6. The summed E-state index contributed by atoms with van der Waals surface area (Å²) in [6.45, 7) is 1.95. The lowest BCUT2D eigenvalue weighted by molar-refractivity contribution is -0.137. The van der Waals surface area contributed by atoms with E-state index < -0.39 is 11.7 Å². The fourth-order valence-corrected chi connectivity index (χ4v) is 2.44. The first-order chi connectivity index (χ1) is 9.86. The van der Waals surface area contributed by atoms with Gasteiger partial charge in [-0.25, -0.2) is 0 Å². The van der Waals surface area contributed by atoms with Crippen molar-refractivity contribution < 1.29 is 13.2 Å². The van der Waals surface area contributed by atoms with Gasteiger partial charge in [0.2, 0.25) is 0 Å². The molecule has 108 valence electrons. The van der Waals surface area contributed by atoms with Gasteiger partial charge in [-0.3, -0.25) is 0 Å². The molecule has 0 spiro atoms. The summed E-state index contributed by atoms with van der Waals surface area (Å²) in [5.41, 5.74) is 8.42. The highest BCUT2D eigenvalue weighted by Crippen LogP contribution is 2.31. The van der Waals surface area contributed by atoms with Crippen molar-refractivity contribution in [1.29, 1.82) is 0 Å². The molecule has 1 heterocycles. The van der Waals surface area contributed by atoms with Gasteiger partial charge >= 0.3 is 6.18 Å². The van der Waals surface area contributed by atoms with Gasteiger partial charge in [-0.1, -0.05) is 0 Å². The van der Waals surface area contributed by atoms with Crippen molar-refractivity contribution >= 4 is 16.6 Å². The summed E-state index contributed by atoms with van der Waals surface area (Å²) in [5.74, 6) is 0. The Morgan fingerprint density at radius 2 is 1.67 bits per heavy atom. The molecule has 0 unspecified atom stereocenters. The first-order valence-electron chi connectivity index (χ1n) is 6.41. The summed E-state index contributed by atoms with van der Waals surface area (Å²) in [6.07, 6.45) is -2.42. The zero-order valence-corrected chi connectivity index (χ0v) is 11.3. The van der Waals surface area contributed by atoms with E-state index in [1.807, 2.05) is 29.8 Å². The number of hydrogen-bond donors (Lipinski definition) is 1. The minimum Gasteiger partial charge on any atom is -0.399 e. The maximum atomic E-state index is 12.6. The zero-order chi connectivity index (χ0) is 15.2. The Kier molecular flexibility index (Phi) is 2.93. The van der Waals surface area contributed by atoms with Crippen LogP contribution >= 0.6 is 0 Å². The third-order valence-corrected chi connectivity index (χ3v) is 3.50. The van der Waals surface area contributed by atoms with Crippen LogP contribution in [-0.2, 0) is 6.18 Å². The Hall–Kier alpha value is -2.43. The third-order valence-electron chi connectivity index (χ3n) is 3.50. The highest BCUT2D eigenvalue weighted by Gasteiger charge is 2.30. The second kappa shape index (κ2) is 4.55. The van der Waals surface area contributed by atoms with Crippen molar-refractivity contribution in [3.05, 3.63) is 59.8 Å². The maximum Gasteiger partial charge on any atom is 0.416 e. The number of alkyl halides is 3. The van der Waals surface area contributed by atoms with Crippen LogP contribution in [0.5, 0.6) is 0 Å². The Labute approximate surface area is 119 Å². The van der Waals surface area contributed by atoms with E-state index in [0.717, 1.165) is 28.6 Å². The van der Waals surface area contributed by atoms with Gasteiger partial charge in [0.1, 0.15) is 0 Å². The molecule has 5 heteroatoms. The molecule has 0 bridgehead atoms. The lowest BCUT2D eigenvalue weighted by Gasteiger charge is -2.09. The Morgan fingerprint density at radius 3 is 2.29 bits per heavy atom. The summed E-state index contributed by atoms with van der Waals surface area (Å²) >= 11 is 0. The molecule has 0 saturated carbocycles. The van der Waals surface area contributed by atoms with E-state index in [-0.39, 0.29) is 0 Å². The lowest BCUT2D eigenvalue weighted by Crippen LogP contribution is -2.04. The average Bonchev–Trinajstić information content (AvgIpc) is 2.75. The van der Waals surface area contributed by atoms with Crippen molar-refractivity contribution in [2.24, 2.45) is 0 Å². The monoisotopic (exact) mass is 290 g/mol. The van der Waals surface area contributed by atoms with E-state index in [4.69, 9.17) is 5.73 Å². The molecule has 0 fully saturated rings. The van der Waals surface area contributed by atoms with Crippen molar-refractivity contribution in [1.82, 2.24) is 4.57 Å². The number of nitrogens with zero attached hydrogens (tertiary/aromatic N) is 1. The predicted molar refractivity (Wildman–Crippen MR) is 77.4 cm³/mol. The quantitative estimate of drug-likeness (QED) is 0.655. The molecule has 2 aromatic carbocycles. The molecule has 0 radical (unpaired) electrons. The number of nitrogens with two attached hydrogens (primary N) is 1. The van der Waals surface area contributed by atoms with E-state index in [9.17, 15) is 13.2 Å². The molecule has 3 rings (SSSR count). The zero-order valence-electron chi connectivity index (χ0n) is 11.3. The number of rotatable bonds is 1. The molecule has 0 aliphatic heterocycles. The number of aryl methyl sites for hydroxylation is 1. The van der Waals surface area contributed by atoms with Crippen molar-refractivity contribution in [2.45, 2.75) is 13.1 Å². The van der Waals surface area contributed by atoms with E-state index >= 15 is 0 Å². The van der Waals surface area contributed by atoms with E-state index in [1.54, 1.807) is 6.07 Å². The molecule has 0 aliphatic carbocycles. The molecule has 0 amide bonds. The Bertz CT molecular complexity index is 799. The molecule has 0 saturated heterocycles. The van der Waals surface area contributed by atoms with Crippen LogP contribution in [0.3, 0.4) is 0 Å². The number of fused-ring (bicyclic) bond motifs is 1. The van der Waals surface area contributed by atoms with Gasteiger partial charge in [0.05, 0.1) is 11.1 Å². The van der Waals surface area contributed by atoms with Gasteiger partial charge in [0.25, 0.3) is 0 Å². The summed E-state index contributed by atoms with van der Waals surface area (Å²) in [4.78, 5) is 0. The second-order valence-corrected chi connectivity index (χ2v) is 5.00. The SMILES string of the molecule is Cc1cn(-c2ccc(C(F)(F)F)cc2)c2ccc(N)cc12. The van der Waals surface area contributed by atoms with Gasteiger partial charge in [-0.2, -0.15) is 13.2 Å². The Morgan fingerprint density at radius 1 is 1.00 bits per heavy atom. The van der Waals surface area contributed by atoms with Gasteiger partial charge in [0.15, 0.2) is 0 Å². The van der Waals surface area contributed by atoms with Crippen LogP contribution in [0.4, 0.5) is 18.9 Å². The van der Waals surface area contributed by atoms with Crippen LogP contribution in [0.2, 0.25) is 0 Å². The number of halogens is 3. The van der Waals surface area contributed by atoms with E-state index in [0.29, 0.717) is 11.4 Å². The molecule has 0 atom stereocenters. The fourth-order valence-electron chi connectivity index (χ4n) is 2.44. The molecular formula is C16H13F3N2. The van der Waals surface area contributed by atoms with Crippen LogP contribution < -0.4 is 5.73 Å². The third kappa shape index (κ3) is 2.35. The van der Waals surface area contributed by atoms with E-state index in [2.05, 4.69) is 0 Å². The van der Waals surface area contributed by atoms with Crippen molar-refractivity contribution in [3.8, 4) is 5.69 Å². The summed E-state index contributed by atoms with van der Waals surface area (Å²) in [5, 5.41) is 0.995. The molecule has 2 nitrogen and oxygen atoms in total. The van der Waals surface area contributed by atoms with Gasteiger partial charge in [-0.05, 0) is 55.0 Å². The average molecular weight is 290 g/mol. The largest absolute Gasteiger partial charge is 0.416 e. The van der Waals surface area contributed by atoms with Crippen molar-refractivity contribution in [2.75, 3.05) is 5.73 Å². The molecule has 21 heavy (non-hydrogen) atoms. The second-order valence-electron chi connectivity index (χ2n) is 5.00. The number of anilines is 1. The number of hydrogen-bond acceptors (Lipinski definition) is 1. The Balaban J connectivity index is 2.13.